The second-order valence-corrected chi connectivity index (χ2v) is 8.34. The van der Waals surface area contributed by atoms with Gasteiger partial charge in [-0.3, -0.25) is 15.0 Å². The Morgan fingerprint density at radius 3 is 2.47 bits per heavy atom. The zero-order chi connectivity index (χ0) is 22.1. The van der Waals surface area contributed by atoms with Gasteiger partial charge in [-0.25, -0.2) is 0 Å². The van der Waals surface area contributed by atoms with Crippen molar-refractivity contribution in [3.05, 3.63) is 108 Å². The first-order chi connectivity index (χ1) is 15.6. The van der Waals surface area contributed by atoms with E-state index in [9.17, 15) is 0 Å². The summed E-state index contributed by atoms with van der Waals surface area (Å²) < 4.78 is 2.25. The van der Waals surface area contributed by atoms with Crippen molar-refractivity contribution in [3.8, 4) is 5.69 Å². The topological polar surface area (TPSA) is 58.9 Å². The first-order valence-corrected chi connectivity index (χ1v) is 11.0. The smallest absolute Gasteiger partial charge is 0.170 e. The molecular formula is C25H24N6S. The van der Waals surface area contributed by atoms with Crippen LogP contribution < -0.4 is 5.32 Å². The number of hydrogen-bond donors (Lipinski definition) is 1. The van der Waals surface area contributed by atoms with Gasteiger partial charge in [-0.05, 0) is 74.1 Å². The maximum absolute atomic E-state index is 5.81. The van der Waals surface area contributed by atoms with E-state index < -0.39 is 0 Å². The minimum Gasteiger partial charge on any atom is -0.352 e. The van der Waals surface area contributed by atoms with E-state index in [1.807, 2.05) is 55.0 Å². The number of nitrogens with one attached hydrogen (secondary N) is 1. The molecule has 4 aromatic rings. The third-order valence-electron chi connectivity index (χ3n) is 5.95. The summed E-state index contributed by atoms with van der Waals surface area (Å²) in [5.41, 5.74) is 6.52. The van der Waals surface area contributed by atoms with Crippen LogP contribution in [-0.2, 0) is 6.54 Å². The van der Waals surface area contributed by atoms with E-state index in [0.717, 1.165) is 22.8 Å². The van der Waals surface area contributed by atoms with Gasteiger partial charge < -0.3 is 14.8 Å². The van der Waals surface area contributed by atoms with Gasteiger partial charge in [-0.15, -0.1) is 0 Å². The molecule has 0 amide bonds. The minimum atomic E-state index is -0.0599. The van der Waals surface area contributed by atoms with Crippen LogP contribution in [0.1, 0.15) is 40.4 Å². The van der Waals surface area contributed by atoms with Crippen molar-refractivity contribution in [1.82, 2.24) is 29.7 Å². The highest BCUT2D eigenvalue weighted by atomic mass is 32.1. The summed E-state index contributed by atoms with van der Waals surface area (Å²) >= 11 is 5.81. The van der Waals surface area contributed by atoms with Crippen molar-refractivity contribution in [2.75, 3.05) is 0 Å². The highest BCUT2D eigenvalue weighted by Crippen LogP contribution is 2.41. The van der Waals surface area contributed by atoms with Crippen molar-refractivity contribution in [3.63, 3.8) is 0 Å². The molecule has 4 aromatic heterocycles. The summed E-state index contributed by atoms with van der Waals surface area (Å²) in [6, 6.07) is 18.2. The van der Waals surface area contributed by atoms with Crippen LogP contribution in [0.5, 0.6) is 0 Å². The van der Waals surface area contributed by atoms with Crippen LogP contribution in [0.3, 0.4) is 0 Å². The SMILES string of the molecule is Cc1cc([C@@H]2[C@H](c3ccccn3)NC(=S)N2Cc2ccccn2)c(C)n1-c1cccnc1. The summed E-state index contributed by atoms with van der Waals surface area (Å²) in [7, 11) is 0. The monoisotopic (exact) mass is 440 g/mol. The highest BCUT2D eigenvalue weighted by molar-refractivity contribution is 7.80. The fourth-order valence-electron chi connectivity index (χ4n) is 4.55. The van der Waals surface area contributed by atoms with Crippen molar-refractivity contribution in [2.24, 2.45) is 0 Å². The summed E-state index contributed by atoms with van der Waals surface area (Å²) in [6.07, 6.45) is 7.34. The number of hydrogen-bond acceptors (Lipinski definition) is 4. The lowest BCUT2D eigenvalue weighted by Gasteiger charge is -2.28. The van der Waals surface area contributed by atoms with Crippen molar-refractivity contribution < 1.29 is 0 Å². The molecule has 1 aliphatic rings. The van der Waals surface area contributed by atoms with Gasteiger partial charge in [-0.1, -0.05) is 12.1 Å². The molecule has 1 aliphatic heterocycles. The van der Waals surface area contributed by atoms with E-state index >= 15 is 0 Å². The van der Waals surface area contributed by atoms with Gasteiger partial charge in [0, 0.05) is 30.0 Å². The van der Waals surface area contributed by atoms with Crippen LogP contribution in [0, 0.1) is 13.8 Å². The normalized spacial score (nSPS) is 18.1. The minimum absolute atomic E-state index is 0.0176. The Balaban J connectivity index is 1.62. The number of aryl methyl sites for hydroxylation is 1. The number of aromatic nitrogens is 4. The molecule has 32 heavy (non-hydrogen) atoms. The highest BCUT2D eigenvalue weighted by Gasteiger charge is 2.41. The Morgan fingerprint density at radius 2 is 1.78 bits per heavy atom. The van der Waals surface area contributed by atoms with Gasteiger partial charge in [0.2, 0.25) is 0 Å². The first-order valence-electron chi connectivity index (χ1n) is 10.6. The van der Waals surface area contributed by atoms with E-state index in [1.54, 1.807) is 6.20 Å². The Kier molecular flexibility index (Phi) is 5.41. The van der Waals surface area contributed by atoms with E-state index in [1.165, 1.54) is 11.3 Å². The summed E-state index contributed by atoms with van der Waals surface area (Å²) in [5, 5.41) is 4.24. The van der Waals surface area contributed by atoms with Crippen LogP contribution in [0.25, 0.3) is 5.69 Å². The summed E-state index contributed by atoms with van der Waals surface area (Å²) in [4.78, 5) is 15.7. The first kappa shape index (κ1) is 20.3. The lowest BCUT2D eigenvalue weighted by molar-refractivity contribution is 0.307. The molecule has 7 heteroatoms. The molecule has 0 aliphatic carbocycles. The number of nitrogens with zero attached hydrogens (tertiary/aromatic N) is 5. The van der Waals surface area contributed by atoms with Gasteiger partial charge in [0.25, 0.3) is 0 Å². The van der Waals surface area contributed by atoms with E-state index in [-0.39, 0.29) is 12.1 Å². The molecule has 5 rings (SSSR count). The molecule has 2 atom stereocenters. The molecule has 1 fully saturated rings. The van der Waals surface area contributed by atoms with Crippen LogP contribution in [0.4, 0.5) is 0 Å². The van der Waals surface area contributed by atoms with Gasteiger partial charge in [-0.2, -0.15) is 0 Å². The quantitative estimate of drug-likeness (QED) is 0.463. The molecule has 0 spiro atoms. The molecule has 1 saturated heterocycles. The maximum atomic E-state index is 5.81. The van der Waals surface area contributed by atoms with Crippen LogP contribution in [0.2, 0.25) is 0 Å². The molecule has 0 unspecified atom stereocenters. The predicted octanol–water partition coefficient (Wildman–Crippen LogP) is 4.45. The third kappa shape index (κ3) is 3.65. The number of rotatable bonds is 5. The molecule has 0 aromatic carbocycles. The van der Waals surface area contributed by atoms with Gasteiger partial charge in [0.1, 0.15) is 0 Å². The predicted molar refractivity (Wildman–Crippen MR) is 128 cm³/mol. The van der Waals surface area contributed by atoms with Gasteiger partial charge in [0.05, 0.1) is 41.9 Å². The van der Waals surface area contributed by atoms with Crippen LogP contribution >= 0.6 is 12.2 Å². The van der Waals surface area contributed by atoms with Crippen molar-refractivity contribution >= 4 is 17.3 Å². The Morgan fingerprint density at radius 1 is 0.969 bits per heavy atom. The molecular weight excluding hydrogens is 416 g/mol. The van der Waals surface area contributed by atoms with Crippen LogP contribution in [-0.4, -0.2) is 29.5 Å². The molecule has 5 heterocycles. The van der Waals surface area contributed by atoms with E-state index in [0.29, 0.717) is 11.7 Å². The second-order valence-electron chi connectivity index (χ2n) is 7.95. The molecule has 0 saturated carbocycles. The summed E-state index contributed by atoms with van der Waals surface area (Å²) in [5.74, 6) is 0. The largest absolute Gasteiger partial charge is 0.352 e. The fraction of sp³-hybridized carbons (Fsp3) is 0.200. The second kappa shape index (κ2) is 8.51. The Bertz CT molecular complexity index is 1220. The average molecular weight is 441 g/mol. The molecule has 160 valence electrons. The maximum Gasteiger partial charge on any atom is 0.170 e. The van der Waals surface area contributed by atoms with E-state index in [4.69, 9.17) is 12.2 Å². The lowest BCUT2D eigenvalue weighted by Crippen LogP contribution is -2.29. The zero-order valence-corrected chi connectivity index (χ0v) is 18.8. The van der Waals surface area contributed by atoms with Gasteiger partial charge in [0.15, 0.2) is 5.11 Å². The molecule has 1 N–H and O–H groups in total. The standard InChI is InChI=1S/C25H24N6S/c1-17-14-21(18(2)31(17)20-9-7-11-26-15-20)24-23(22-10-4-6-13-28-22)29-25(32)30(24)16-19-8-3-5-12-27-19/h3-15,23-24H,16H2,1-2H3,(H,29,32)/t23-,24+/m0/s1. The Hall–Kier alpha value is -3.58. The van der Waals surface area contributed by atoms with E-state index in [2.05, 4.69) is 61.8 Å². The molecule has 6 nitrogen and oxygen atoms in total. The van der Waals surface area contributed by atoms with Crippen molar-refractivity contribution in [2.45, 2.75) is 32.5 Å². The number of pyridine rings is 3. The molecule has 0 radical (unpaired) electrons. The van der Waals surface area contributed by atoms with Gasteiger partial charge >= 0.3 is 0 Å². The van der Waals surface area contributed by atoms with Crippen molar-refractivity contribution in [1.29, 1.82) is 0 Å². The number of thiocarbonyl (C=S) groups is 1. The summed E-state index contributed by atoms with van der Waals surface area (Å²) in [6.45, 7) is 4.91. The van der Waals surface area contributed by atoms with Crippen LogP contribution in [0.15, 0.2) is 79.4 Å². The Labute approximate surface area is 193 Å². The average Bonchev–Trinajstić information content (AvgIpc) is 3.30. The zero-order valence-electron chi connectivity index (χ0n) is 18.0. The molecule has 0 bridgehead atoms. The lowest BCUT2D eigenvalue weighted by atomic mass is 9.96. The third-order valence-corrected chi connectivity index (χ3v) is 6.30. The fourth-order valence-corrected chi connectivity index (χ4v) is 4.86.